The minimum absolute atomic E-state index is 1.10. The van der Waals surface area contributed by atoms with E-state index in [0.29, 0.717) is 0 Å². The lowest BCUT2D eigenvalue weighted by molar-refractivity contribution is -0.878. The first-order valence-corrected chi connectivity index (χ1v) is 2.65. The minimum Gasteiger partial charge on any atom is -0.337 e. The second kappa shape index (κ2) is 1.41. The molecule has 0 saturated carbocycles. The lowest BCUT2D eigenvalue weighted by Gasteiger charge is -2.40. The van der Waals surface area contributed by atoms with Crippen molar-refractivity contribution in [1.29, 1.82) is 0 Å². The molecule has 2 rings (SSSR count). The van der Waals surface area contributed by atoms with Gasteiger partial charge in [0.25, 0.3) is 0 Å². The van der Waals surface area contributed by atoms with Gasteiger partial charge in [-0.2, -0.15) is 14.4 Å². The van der Waals surface area contributed by atoms with Crippen molar-refractivity contribution in [2.75, 3.05) is 0 Å². The van der Waals surface area contributed by atoms with Crippen LogP contribution in [0.1, 0.15) is 0 Å². The predicted molar refractivity (Wildman–Crippen MR) is 24.6 cm³/mol. The molecule has 1 N–H and O–H groups in total. The molecule has 1 unspecified atom stereocenters. The van der Waals surface area contributed by atoms with E-state index in [-0.39, 0.29) is 0 Å². The van der Waals surface area contributed by atoms with Crippen LogP contribution in [0.2, 0.25) is 0 Å². The molecule has 0 radical (unpaired) electrons. The van der Waals surface area contributed by atoms with Gasteiger partial charge in [0.2, 0.25) is 0 Å². The maximum Gasteiger partial charge on any atom is 0.555 e. The van der Waals surface area contributed by atoms with E-state index in [9.17, 15) is 14.4 Å². The van der Waals surface area contributed by atoms with E-state index < -0.39 is 29.2 Å². The van der Waals surface area contributed by atoms with Gasteiger partial charge in [0.15, 0.2) is 0 Å². The molecule has 2 aliphatic rings. The van der Waals surface area contributed by atoms with Gasteiger partial charge in [0.1, 0.15) is 0 Å². The Bertz CT molecular complexity index is 255. The van der Waals surface area contributed by atoms with Crippen LogP contribution in [0, 0.1) is 0 Å². The van der Waals surface area contributed by atoms with Gasteiger partial charge in [-0.1, -0.05) is 0 Å². The largest absolute Gasteiger partial charge is 0.555 e. The fraction of sp³-hybridized carbons (Fsp3) is 0.250. The number of amides is 3. The molecule has 1 spiro atoms. The van der Waals surface area contributed by atoms with E-state index in [1.165, 1.54) is 0 Å². The molecule has 0 aliphatic carbocycles. The first kappa shape index (κ1) is 6.25. The van der Waals surface area contributed by atoms with E-state index in [2.05, 4.69) is 9.47 Å². The number of rotatable bonds is 0. The standard InChI is InChI=1S/C4H2NO6/c6-1-5(2(7)10-1)3(8)11-4(5)9/h1,6H/q+1. The van der Waals surface area contributed by atoms with Gasteiger partial charge in [0, 0.05) is 4.48 Å². The van der Waals surface area contributed by atoms with Crippen LogP contribution in [0.3, 0.4) is 0 Å². The monoisotopic (exact) mass is 160 g/mol. The molecule has 58 valence electrons. The number of aliphatic hydroxyl groups is 1. The number of hydrogen-bond acceptors (Lipinski definition) is 6. The van der Waals surface area contributed by atoms with Crippen molar-refractivity contribution in [3.63, 3.8) is 0 Å². The minimum atomic E-state index is -1.73. The number of nitrogens with zero attached hydrogens (tertiary/aromatic N) is 1. The molecule has 11 heavy (non-hydrogen) atoms. The van der Waals surface area contributed by atoms with Crippen LogP contribution in [0.15, 0.2) is 0 Å². The van der Waals surface area contributed by atoms with Crippen LogP contribution in [-0.2, 0) is 9.47 Å². The summed E-state index contributed by atoms with van der Waals surface area (Å²) in [6.45, 7) is 0. The average Bonchev–Trinajstić information content (AvgIpc) is 1.86. The Morgan fingerprint density at radius 3 is 1.91 bits per heavy atom. The van der Waals surface area contributed by atoms with Gasteiger partial charge in [-0.15, -0.1) is 0 Å². The van der Waals surface area contributed by atoms with Crippen LogP contribution in [-0.4, -0.2) is 34.3 Å². The molecular formula is C4H2NO6+. The van der Waals surface area contributed by atoms with Crippen LogP contribution in [0.4, 0.5) is 14.4 Å². The zero-order chi connectivity index (χ0) is 8.22. The summed E-state index contributed by atoms with van der Waals surface area (Å²) >= 11 is 0. The van der Waals surface area contributed by atoms with Crippen molar-refractivity contribution in [3.05, 3.63) is 0 Å². The number of cyclic esters (lactones) is 3. The Labute approximate surface area is 59.3 Å². The number of carbonyl (C=O) groups is 3. The maximum atomic E-state index is 10.5. The second-order valence-electron chi connectivity index (χ2n) is 2.07. The summed E-state index contributed by atoms with van der Waals surface area (Å²) in [7, 11) is 0. The number of aliphatic hydroxyl groups excluding tert-OH is 1. The lowest BCUT2D eigenvalue weighted by Crippen LogP contribution is -2.82. The van der Waals surface area contributed by atoms with Crippen molar-refractivity contribution in [3.8, 4) is 0 Å². The Balaban J connectivity index is 2.41. The Morgan fingerprint density at radius 1 is 1.18 bits per heavy atom. The maximum absolute atomic E-state index is 10.5. The molecule has 0 aromatic rings. The van der Waals surface area contributed by atoms with Crippen LogP contribution in [0.5, 0.6) is 0 Å². The van der Waals surface area contributed by atoms with Gasteiger partial charge >= 0.3 is 24.7 Å². The molecule has 0 bridgehead atoms. The number of ether oxygens (including phenoxy) is 2. The van der Waals surface area contributed by atoms with E-state index >= 15 is 0 Å². The third kappa shape index (κ3) is 0.390. The summed E-state index contributed by atoms with van der Waals surface area (Å²) in [5, 5.41) is 8.74. The number of hydrogen-bond donors (Lipinski definition) is 1. The first-order valence-electron chi connectivity index (χ1n) is 2.65. The molecule has 7 heteroatoms. The van der Waals surface area contributed by atoms with Gasteiger partial charge < -0.3 is 9.84 Å². The highest BCUT2D eigenvalue weighted by molar-refractivity contribution is 6.03. The predicted octanol–water partition coefficient (Wildman–Crippen LogP) is -0.500. The summed E-state index contributed by atoms with van der Waals surface area (Å²) in [6.07, 6.45) is -5.02. The van der Waals surface area contributed by atoms with E-state index in [1.807, 2.05) is 0 Å². The zero-order valence-electron chi connectivity index (χ0n) is 5.01. The Morgan fingerprint density at radius 2 is 1.73 bits per heavy atom. The van der Waals surface area contributed by atoms with Crippen molar-refractivity contribution >= 4 is 18.3 Å². The molecule has 1 atom stereocenters. The summed E-state index contributed by atoms with van der Waals surface area (Å²) in [5.74, 6) is 0. The highest BCUT2D eigenvalue weighted by atomic mass is 16.8. The van der Waals surface area contributed by atoms with Crippen molar-refractivity contribution < 1.29 is 33.4 Å². The lowest BCUT2D eigenvalue weighted by atomic mass is 10.4. The van der Waals surface area contributed by atoms with Gasteiger partial charge in [-0.3, -0.25) is 4.74 Å². The summed E-state index contributed by atoms with van der Waals surface area (Å²) in [4.78, 5) is 31.6. The molecule has 0 aromatic carbocycles. The van der Waals surface area contributed by atoms with Gasteiger partial charge in [-0.05, 0) is 0 Å². The van der Waals surface area contributed by atoms with Crippen molar-refractivity contribution in [2.45, 2.75) is 6.41 Å². The molecule has 0 aromatic heterocycles. The Hall–Kier alpha value is -1.47. The zero-order valence-corrected chi connectivity index (χ0v) is 5.01. The molecule has 7 nitrogen and oxygen atoms in total. The average molecular weight is 160 g/mol. The normalized spacial score (nSPS) is 32.1. The van der Waals surface area contributed by atoms with E-state index in [4.69, 9.17) is 5.11 Å². The molecule has 2 fully saturated rings. The van der Waals surface area contributed by atoms with Gasteiger partial charge in [-0.25, -0.2) is 0 Å². The van der Waals surface area contributed by atoms with Crippen LogP contribution >= 0.6 is 0 Å². The van der Waals surface area contributed by atoms with Crippen molar-refractivity contribution in [1.82, 2.24) is 0 Å². The first-order chi connectivity index (χ1) is 5.10. The van der Waals surface area contributed by atoms with E-state index in [0.717, 1.165) is 0 Å². The fourth-order valence-electron chi connectivity index (χ4n) is 0.877. The van der Waals surface area contributed by atoms with Crippen LogP contribution in [0.25, 0.3) is 0 Å². The Kier molecular flexibility index (Phi) is 0.801. The molecule has 2 saturated heterocycles. The highest BCUT2D eigenvalue weighted by Gasteiger charge is 2.81. The molecular weight excluding hydrogens is 158 g/mol. The number of carbonyl (C=O) groups excluding carboxylic acids is 3. The smallest absolute Gasteiger partial charge is 0.337 e. The third-order valence-corrected chi connectivity index (χ3v) is 1.58. The van der Waals surface area contributed by atoms with E-state index in [1.54, 1.807) is 0 Å². The van der Waals surface area contributed by atoms with Gasteiger partial charge in [0.05, 0.1) is 0 Å². The number of quaternary nitrogens is 1. The second-order valence-corrected chi connectivity index (χ2v) is 2.07. The summed E-state index contributed by atoms with van der Waals surface area (Å²) < 4.78 is 6.51. The van der Waals surface area contributed by atoms with Crippen molar-refractivity contribution in [2.24, 2.45) is 0 Å². The topological polar surface area (TPSA) is 89.9 Å². The molecule has 2 heterocycles. The number of imide groups is 3. The summed E-state index contributed by atoms with van der Waals surface area (Å²) in [5.41, 5.74) is 0. The highest BCUT2D eigenvalue weighted by Crippen LogP contribution is 2.36. The SMILES string of the molecule is O=C1OC(=O)[N+]12C(=O)OC2O. The quantitative estimate of drug-likeness (QED) is 0.379. The molecule has 3 amide bonds. The fourth-order valence-corrected chi connectivity index (χ4v) is 0.877. The summed E-state index contributed by atoms with van der Waals surface area (Å²) in [6, 6.07) is 0. The van der Waals surface area contributed by atoms with Crippen LogP contribution < -0.4 is 0 Å². The third-order valence-electron chi connectivity index (χ3n) is 1.58. The molecule has 2 aliphatic heterocycles.